The number of thioether (sulfide) groups is 1. The van der Waals surface area contributed by atoms with Crippen molar-refractivity contribution in [3.63, 3.8) is 0 Å². The van der Waals surface area contributed by atoms with Gasteiger partial charge in [-0.25, -0.2) is 4.98 Å². The van der Waals surface area contributed by atoms with Crippen molar-refractivity contribution in [3.8, 4) is 0 Å². The fraction of sp³-hybridized carbons (Fsp3) is 0.571. The van der Waals surface area contributed by atoms with Gasteiger partial charge in [0.1, 0.15) is 5.82 Å². The van der Waals surface area contributed by atoms with E-state index in [1.165, 1.54) is 0 Å². The van der Waals surface area contributed by atoms with Gasteiger partial charge in [0.05, 0.1) is 5.56 Å². The number of nitrogens with zero attached hydrogens (tertiary/aromatic N) is 3. The second kappa shape index (κ2) is 7.50. The predicted octanol–water partition coefficient (Wildman–Crippen LogP) is 1.27. The molecule has 2 heterocycles. The van der Waals surface area contributed by atoms with Crippen LogP contribution in [0.3, 0.4) is 0 Å². The summed E-state index contributed by atoms with van der Waals surface area (Å²) in [7, 11) is 0. The number of carbonyl (C=O) groups is 1. The lowest BCUT2D eigenvalue weighted by Crippen LogP contribution is -2.46. The topological polar surface area (TPSA) is 48.5 Å². The minimum Gasteiger partial charge on any atom is -0.354 e. The van der Waals surface area contributed by atoms with Crippen LogP contribution >= 0.6 is 11.8 Å². The molecule has 6 heteroatoms. The number of hydrogen-bond donors (Lipinski definition) is 1. The van der Waals surface area contributed by atoms with Gasteiger partial charge in [0, 0.05) is 44.8 Å². The van der Waals surface area contributed by atoms with Crippen molar-refractivity contribution >= 4 is 23.5 Å². The molecule has 1 amide bonds. The average molecular weight is 294 g/mol. The summed E-state index contributed by atoms with van der Waals surface area (Å²) < 4.78 is 0. The summed E-state index contributed by atoms with van der Waals surface area (Å²) in [6, 6.07) is 3.79. The van der Waals surface area contributed by atoms with Gasteiger partial charge in [0.25, 0.3) is 5.91 Å². The molecule has 1 aliphatic rings. The molecular weight excluding hydrogens is 272 g/mol. The summed E-state index contributed by atoms with van der Waals surface area (Å²) in [5, 5.41) is 2.78. The molecule has 0 spiro atoms. The SMILES string of the molecule is CCNC(=O)c1ccc(N2CCN(CSC)CC2)nc1. The van der Waals surface area contributed by atoms with Crippen LogP contribution in [0.4, 0.5) is 5.82 Å². The van der Waals surface area contributed by atoms with Crippen LogP contribution in [0.15, 0.2) is 18.3 Å². The quantitative estimate of drug-likeness (QED) is 0.886. The van der Waals surface area contributed by atoms with Gasteiger partial charge in [-0.2, -0.15) is 0 Å². The zero-order valence-electron chi connectivity index (χ0n) is 12.1. The smallest absolute Gasteiger partial charge is 0.252 e. The van der Waals surface area contributed by atoms with Crippen molar-refractivity contribution in [2.45, 2.75) is 6.92 Å². The standard InChI is InChI=1S/C14H22N4OS/c1-3-15-14(19)12-4-5-13(16-10-12)18-8-6-17(7-9-18)11-20-2/h4-5,10H,3,6-9,11H2,1-2H3,(H,15,19). The molecule has 0 unspecified atom stereocenters. The maximum atomic E-state index is 11.7. The van der Waals surface area contributed by atoms with Crippen molar-refractivity contribution in [3.05, 3.63) is 23.9 Å². The van der Waals surface area contributed by atoms with Crippen molar-refractivity contribution in [2.24, 2.45) is 0 Å². The van der Waals surface area contributed by atoms with Crippen LogP contribution in [-0.4, -0.2) is 60.6 Å². The molecule has 5 nitrogen and oxygen atoms in total. The van der Waals surface area contributed by atoms with Gasteiger partial charge in [0.2, 0.25) is 0 Å². The van der Waals surface area contributed by atoms with Gasteiger partial charge in [-0.3, -0.25) is 9.69 Å². The zero-order chi connectivity index (χ0) is 14.4. The van der Waals surface area contributed by atoms with Crippen LogP contribution in [0, 0.1) is 0 Å². The Balaban J connectivity index is 1.92. The van der Waals surface area contributed by atoms with Crippen molar-refractivity contribution in [1.82, 2.24) is 15.2 Å². The fourth-order valence-corrected chi connectivity index (χ4v) is 2.88. The highest BCUT2D eigenvalue weighted by molar-refractivity contribution is 7.98. The number of nitrogens with one attached hydrogen (secondary N) is 1. The predicted molar refractivity (Wildman–Crippen MR) is 84.4 cm³/mol. The highest BCUT2D eigenvalue weighted by Crippen LogP contribution is 2.15. The Hall–Kier alpha value is -1.27. The second-order valence-corrected chi connectivity index (χ2v) is 5.62. The summed E-state index contributed by atoms with van der Waals surface area (Å²) in [5.41, 5.74) is 0.622. The Labute approximate surface area is 124 Å². The van der Waals surface area contributed by atoms with Crippen molar-refractivity contribution in [2.75, 3.05) is 49.8 Å². The Kier molecular flexibility index (Phi) is 5.67. The van der Waals surface area contributed by atoms with E-state index >= 15 is 0 Å². The molecule has 0 radical (unpaired) electrons. The monoisotopic (exact) mass is 294 g/mol. The number of amides is 1. The first-order chi connectivity index (χ1) is 9.74. The molecule has 20 heavy (non-hydrogen) atoms. The van der Waals surface area contributed by atoms with E-state index in [-0.39, 0.29) is 5.91 Å². The van der Waals surface area contributed by atoms with Gasteiger partial charge in [-0.1, -0.05) is 0 Å². The zero-order valence-corrected chi connectivity index (χ0v) is 12.9. The van der Waals surface area contributed by atoms with Crippen LogP contribution in [0.5, 0.6) is 0 Å². The maximum absolute atomic E-state index is 11.7. The van der Waals surface area contributed by atoms with E-state index in [1.54, 1.807) is 6.20 Å². The van der Waals surface area contributed by atoms with Crippen molar-refractivity contribution in [1.29, 1.82) is 0 Å². The third-order valence-electron chi connectivity index (χ3n) is 3.36. The Morgan fingerprint density at radius 2 is 2.10 bits per heavy atom. The molecule has 0 bridgehead atoms. The van der Waals surface area contributed by atoms with E-state index in [0.717, 1.165) is 37.9 Å². The maximum Gasteiger partial charge on any atom is 0.252 e. The average Bonchev–Trinajstić information content (AvgIpc) is 2.49. The van der Waals surface area contributed by atoms with E-state index in [0.29, 0.717) is 12.1 Å². The Morgan fingerprint density at radius 1 is 1.35 bits per heavy atom. The lowest BCUT2D eigenvalue weighted by atomic mass is 10.2. The van der Waals surface area contributed by atoms with E-state index in [9.17, 15) is 4.79 Å². The van der Waals surface area contributed by atoms with E-state index in [2.05, 4.69) is 26.4 Å². The molecule has 110 valence electrons. The number of anilines is 1. The summed E-state index contributed by atoms with van der Waals surface area (Å²) in [4.78, 5) is 20.8. The molecule has 1 aromatic rings. The number of hydrogen-bond acceptors (Lipinski definition) is 5. The number of carbonyl (C=O) groups excluding carboxylic acids is 1. The Morgan fingerprint density at radius 3 is 2.65 bits per heavy atom. The van der Waals surface area contributed by atoms with Crippen LogP contribution in [0.2, 0.25) is 0 Å². The molecule has 0 saturated carbocycles. The number of aromatic nitrogens is 1. The first-order valence-corrected chi connectivity index (χ1v) is 8.34. The van der Waals surface area contributed by atoms with Gasteiger partial charge >= 0.3 is 0 Å². The highest BCUT2D eigenvalue weighted by Gasteiger charge is 2.17. The molecule has 1 N–H and O–H groups in total. The summed E-state index contributed by atoms with van der Waals surface area (Å²) in [5.74, 6) is 2.00. The molecular formula is C14H22N4OS. The Bertz CT molecular complexity index is 429. The van der Waals surface area contributed by atoms with Gasteiger partial charge in [0.15, 0.2) is 0 Å². The van der Waals surface area contributed by atoms with E-state index in [4.69, 9.17) is 0 Å². The lowest BCUT2D eigenvalue weighted by molar-refractivity contribution is 0.0955. The molecule has 1 aliphatic heterocycles. The van der Waals surface area contributed by atoms with Gasteiger partial charge in [-0.15, -0.1) is 11.8 Å². The molecule has 0 atom stereocenters. The largest absolute Gasteiger partial charge is 0.354 e. The van der Waals surface area contributed by atoms with Crippen molar-refractivity contribution < 1.29 is 4.79 Å². The number of piperazine rings is 1. The first-order valence-electron chi connectivity index (χ1n) is 6.95. The van der Waals surface area contributed by atoms with Crippen LogP contribution < -0.4 is 10.2 Å². The first kappa shape index (κ1) is 15.1. The molecule has 0 aromatic carbocycles. The number of rotatable bonds is 5. The lowest BCUT2D eigenvalue weighted by Gasteiger charge is -2.34. The molecule has 2 rings (SSSR count). The van der Waals surface area contributed by atoms with Gasteiger partial charge < -0.3 is 10.2 Å². The molecule has 1 aromatic heterocycles. The second-order valence-electron chi connectivity index (χ2n) is 4.79. The third kappa shape index (κ3) is 3.86. The summed E-state index contributed by atoms with van der Waals surface area (Å²) in [6.45, 7) is 6.68. The molecule has 1 saturated heterocycles. The summed E-state index contributed by atoms with van der Waals surface area (Å²) in [6.07, 6.45) is 3.79. The van der Waals surface area contributed by atoms with E-state index < -0.39 is 0 Å². The summed E-state index contributed by atoms with van der Waals surface area (Å²) >= 11 is 1.86. The fourth-order valence-electron chi connectivity index (χ4n) is 2.26. The minimum atomic E-state index is -0.0589. The van der Waals surface area contributed by atoms with Gasteiger partial charge in [-0.05, 0) is 25.3 Å². The third-order valence-corrected chi connectivity index (χ3v) is 3.98. The van der Waals surface area contributed by atoms with Crippen LogP contribution in [0.1, 0.15) is 17.3 Å². The highest BCUT2D eigenvalue weighted by atomic mass is 32.2. The van der Waals surface area contributed by atoms with Crippen LogP contribution in [-0.2, 0) is 0 Å². The normalized spacial score (nSPS) is 16.2. The minimum absolute atomic E-state index is 0.0589. The molecule has 1 fully saturated rings. The van der Waals surface area contributed by atoms with E-state index in [1.807, 2.05) is 30.8 Å². The molecule has 0 aliphatic carbocycles. The number of pyridine rings is 1. The van der Waals surface area contributed by atoms with Crippen LogP contribution in [0.25, 0.3) is 0 Å².